The van der Waals surface area contributed by atoms with E-state index in [-0.39, 0.29) is 45.6 Å². The van der Waals surface area contributed by atoms with Crippen LogP contribution in [-0.4, -0.2) is 94.0 Å². The summed E-state index contributed by atoms with van der Waals surface area (Å²) in [6.07, 6.45) is 4.08. The number of unbranched alkanes of at least 4 members (excludes halogenated alkanes) is 3. The molecule has 4 rings (SSSR count). The second kappa shape index (κ2) is 8.14. The zero-order valence-corrected chi connectivity index (χ0v) is 20.3. The lowest BCUT2D eigenvalue weighted by molar-refractivity contribution is 0.336. The van der Waals surface area contributed by atoms with Gasteiger partial charge in [-0.15, -0.1) is 0 Å². The van der Waals surface area contributed by atoms with Crippen LogP contribution in [0.2, 0.25) is 0 Å². The van der Waals surface area contributed by atoms with Gasteiger partial charge in [0.1, 0.15) is 8.64 Å². The first-order valence-electron chi connectivity index (χ1n) is 9.50. The molecule has 4 aliphatic rings. The Morgan fingerprint density at radius 3 is 1.50 bits per heavy atom. The Balaban J connectivity index is 1.18. The van der Waals surface area contributed by atoms with Crippen LogP contribution < -0.4 is 0 Å². The van der Waals surface area contributed by atoms with Crippen LogP contribution in [0.3, 0.4) is 0 Å². The number of sulfone groups is 2. The number of hydrogen-bond acceptors (Lipinski definition) is 8. The summed E-state index contributed by atoms with van der Waals surface area (Å²) < 4.78 is 49.1. The summed E-state index contributed by atoms with van der Waals surface area (Å²) in [5, 5.41) is 0.226. The maximum absolute atomic E-state index is 11.8. The average molecular weight is 501 g/mol. The Labute approximate surface area is 186 Å². The van der Waals surface area contributed by atoms with Gasteiger partial charge in [0.2, 0.25) is 0 Å². The van der Waals surface area contributed by atoms with E-state index < -0.39 is 19.7 Å². The second-order valence-electron chi connectivity index (χ2n) is 7.93. The minimum absolute atomic E-state index is 0.0581. The number of thioether (sulfide) groups is 2. The third-order valence-corrected chi connectivity index (χ3v) is 13.2. The van der Waals surface area contributed by atoms with Crippen molar-refractivity contribution in [3.63, 3.8) is 0 Å². The highest BCUT2D eigenvalue weighted by Gasteiger charge is 2.48. The fourth-order valence-corrected chi connectivity index (χ4v) is 13.3. The molecule has 4 aliphatic heterocycles. The van der Waals surface area contributed by atoms with E-state index in [1.807, 2.05) is 0 Å². The van der Waals surface area contributed by atoms with Crippen LogP contribution in [0.15, 0.2) is 0 Å². The average Bonchev–Trinajstić information content (AvgIpc) is 3.20. The lowest BCUT2D eigenvalue weighted by Crippen LogP contribution is -2.37. The third-order valence-electron chi connectivity index (χ3n) is 5.87. The van der Waals surface area contributed by atoms with Gasteiger partial charge < -0.3 is 9.80 Å². The molecule has 4 heterocycles. The molecule has 0 bridgehead atoms. The van der Waals surface area contributed by atoms with Gasteiger partial charge in [-0.1, -0.05) is 60.8 Å². The molecular weight excluding hydrogens is 477 g/mol. The van der Waals surface area contributed by atoms with Crippen molar-refractivity contribution >= 4 is 76.3 Å². The summed E-state index contributed by atoms with van der Waals surface area (Å²) in [5.41, 5.74) is 0. The van der Waals surface area contributed by atoms with Gasteiger partial charge in [0.05, 0.1) is 35.1 Å². The van der Waals surface area contributed by atoms with E-state index in [9.17, 15) is 16.8 Å². The number of fused-ring (bicyclic) bond motifs is 2. The van der Waals surface area contributed by atoms with E-state index >= 15 is 0 Å². The van der Waals surface area contributed by atoms with Crippen molar-refractivity contribution < 1.29 is 16.8 Å². The lowest BCUT2D eigenvalue weighted by Gasteiger charge is -2.25. The van der Waals surface area contributed by atoms with Crippen molar-refractivity contribution in [2.45, 2.75) is 48.3 Å². The summed E-state index contributed by atoms with van der Waals surface area (Å²) in [6, 6.07) is 0.116. The highest BCUT2D eigenvalue weighted by Crippen LogP contribution is 2.39. The molecule has 0 aromatic rings. The Bertz CT molecular complexity index is 802. The van der Waals surface area contributed by atoms with Gasteiger partial charge in [-0.3, -0.25) is 0 Å². The predicted octanol–water partition coefficient (Wildman–Crippen LogP) is 1.55. The van der Waals surface area contributed by atoms with Crippen molar-refractivity contribution in [2.24, 2.45) is 0 Å². The maximum atomic E-state index is 11.8. The molecule has 0 amide bonds. The van der Waals surface area contributed by atoms with Crippen LogP contribution in [0.25, 0.3) is 0 Å². The summed E-state index contributed by atoms with van der Waals surface area (Å²) in [6.45, 7) is 1.65. The first-order chi connectivity index (χ1) is 13.2. The van der Waals surface area contributed by atoms with Gasteiger partial charge in [-0.05, 0) is 12.8 Å². The SMILES string of the molecule is O=S1(=O)C[C@@H]2SC(=S)N(CCCCCCN3C(=S)S[C@H]4CS(=O)(=O)C[C@@H]43)[C@@H]2C1. The van der Waals surface area contributed by atoms with E-state index in [1.165, 1.54) is 0 Å². The molecular formula is C16H24N2O4S6. The van der Waals surface area contributed by atoms with Gasteiger partial charge in [-0.2, -0.15) is 0 Å². The number of thiocarbonyl (C=S) groups is 2. The van der Waals surface area contributed by atoms with Crippen molar-refractivity contribution in [1.82, 2.24) is 9.80 Å². The topological polar surface area (TPSA) is 74.8 Å². The van der Waals surface area contributed by atoms with Crippen LogP contribution in [0.5, 0.6) is 0 Å². The molecule has 0 aromatic carbocycles. The molecule has 6 nitrogen and oxygen atoms in total. The molecule has 28 heavy (non-hydrogen) atoms. The van der Waals surface area contributed by atoms with Crippen molar-refractivity contribution in [1.29, 1.82) is 0 Å². The molecule has 0 aromatic heterocycles. The first kappa shape index (κ1) is 21.6. The smallest absolute Gasteiger partial charge is 0.153 e. The molecule has 0 aliphatic carbocycles. The van der Waals surface area contributed by atoms with Crippen LogP contribution in [0.4, 0.5) is 0 Å². The van der Waals surface area contributed by atoms with Crippen LogP contribution in [0, 0.1) is 0 Å². The Morgan fingerprint density at radius 1 is 0.714 bits per heavy atom. The number of nitrogens with zero attached hydrogens (tertiary/aromatic N) is 2. The highest BCUT2D eigenvalue weighted by molar-refractivity contribution is 8.24. The molecule has 12 heteroatoms. The zero-order chi connectivity index (χ0) is 20.1. The van der Waals surface area contributed by atoms with Gasteiger partial charge >= 0.3 is 0 Å². The minimum atomic E-state index is -2.92. The lowest BCUT2D eigenvalue weighted by atomic mass is 10.1. The van der Waals surface area contributed by atoms with Crippen LogP contribution in [0.1, 0.15) is 25.7 Å². The Morgan fingerprint density at radius 2 is 1.11 bits per heavy atom. The van der Waals surface area contributed by atoms with Crippen LogP contribution in [-0.2, 0) is 19.7 Å². The molecule has 0 radical (unpaired) electrons. The first-order valence-corrected chi connectivity index (χ1v) is 15.7. The van der Waals surface area contributed by atoms with E-state index in [0.29, 0.717) is 0 Å². The van der Waals surface area contributed by atoms with Crippen molar-refractivity contribution in [3.8, 4) is 0 Å². The Kier molecular flexibility index (Phi) is 6.28. The molecule has 4 atom stereocenters. The van der Waals surface area contributed by atoms with E-state index in [0.717, 1.165) is 47.4 Å². The van der Waals surface area contributed by atoms with Crippen molar-refractivity contribution in [3.05, 3.63) is 0 Å². The fourth-order valence-electron chi connectivity index (χ4n) is 4.50. The quantitative estimate of drug-likeness (QED) is 0.380. The van der Waals surface area contributed by atoms with E-state index in [2.05, 4.69) is 9.80 Å². The number of hydrogen-bond donors (Lipinski definition) is 0. The third kappa shape index (κ3) is 4.51. The fraction of sp³-hybridized carbons (Fsp3) is 0.875. The van der Waals surface area contributed by atoms with E-state index in [1.54, 1.807) is 23.5 Å². The largest absolute Gasteiger partial charge is 0.352 e. The molecule has 158 valence electrons. The summed E-state index contributed by atoms with van der Waals surface area (Å²) in [5.74, 6) is 0.982. The second-order valence-corrected chi connectivity index (χ2v) is 16.0. The van der Waals surface area contributed by atoms with Gasteiger partial charge in [-0.25, -0.2) is 16.8 Å². The Hall–Kier alpha value is 0.380. The normalized spacial score (nSPS) is 35.6. The molecule has 0 spiro atoms. The molecule has 4 fully saturated rings. The molecule has 4 saturated heterocycles. The summed E-state index contributed by atoms with van der Waals surface area (Å²) in [4.78, 5) is 4.24. The van der Waals surface area contributed by atoms with Crippen LogP contribution >= 0.6 is 48.0 Å². The minimum Gasteiger partial charge on any atom is -0.352 e. The standard InChI is InChI=1S/C16H24N2O4S6/c19-27(20)7-11-13(9-27)25-15(23)17(11)5-3-1-2-4-6-18-12-8-28(21,22)10-14(12)26-16(18)24/h11-14H,1-10H2/t11-,12+,13-,14-/m0/s1. The predicted molar refractivity (Wildman–Crippen MR) is 125 cm³/mol. The molecule has 0 saturated carbocycles. The van der Waals surface area contributed by atoms with E-state index in [4.69, 9.17) is 24.4 Å². The zero-order valence-electron chi connectivity index (χ0n) is 15.4. The van der Waals surface area contributed by atoms with Gasteiger partial charge in [0, 0.05) is 23.6 Å². The van der Waals surface area contributed by atoms with Gasteiger partial charge in [0.15, 0.2) is 19.7 Å². The van der Waals surface area contributed by atoms with Gasteiger partial charge in [0.25, 0.3) is 0 Å². The molecule has 0 N–H and O–H groups in total. The monoisotopic (exact) mass is 500 g/mol. The molecule has 0 unspecified atom stereocenters. The summed E-state index contributed by atoms with van der Waals surface area (Å²) >= 11 is 14.0. The maximum Gasteiger partial charge on any atom is 0.153 e. The number of rotatable bonds is 7. The van der Waals surface area contributed by atoms with Crippen molar-refractivity contribution in [2.75, 3.05) is 36.1 Å². The summed E-state index contributed by atoms with van der Waals surface area (Å²) in [7, 11) is -5.83. The highest BCUT2D eigenvalue weighted by atomic mass is 32.2.